The smallest absolute Gasteiger partial charge is 0.120 e. The van der Waals surface area contributed by atoms with Crippen LogP contribution in [0.2, 0.25) is 0 Å². The third-order valence-electron chi connectivity index (χ3n) is 3.02. The Hall–Kier alpha value is -1.90. The summed E-state index contributed by atoms with van der Waals surface area (Å²) in [5.74, 6) is 0.145. The Morgan fingerprint density at radius 1 is 1.47 bits per heavy atom. The van der Waals surface area contributed by atoms with Gasteiger partial charge in [0.15, 0.2) is 0 Å². The first-order chi connectivity index (χ1) is 8.27. The second-order valence-electron chi connectivity index (χ2n) is 4.11. The molecule has 0 aliphatic heterocycles. The Morgan fingerprint density at radius 3 is 2.94 bits per heavy atom. The van der Waals surface area contributed by atoms with Crippen LogP contribution in [0.25, 0.3) is 10.9 Å². The number of hydrogen-bond acceptors (Lipinski definition) is 2. The number of hydrogen-bond donors (Lipinski definition) is 0. The Balaban J connectivity index is 2.46. The summed E-state index contributed by atoms with van der Waals surface area (Å²) in [4.78, 5) is 10.5. The monoisotopic (exact) mass is 228 g/mol. The Kier molecular flexibility index (Phi) is 3.38. The van der Waals surface area contributed by atoms with Crippen molar-refractivity contribution in [1.82, 2.24) is 9.78 Å². The van der Waals surface area contributed by atoms with Gasteiger partial charge in [-0.3, -0.25) is 4.68 Å². The second kappa shape index (κ2) is 4.95. The first-order valence-electron chi connectivity index (χ1n) is 5.75. The molecule has 1 unspecified atom stereocenters. The zero-order valence-electron chi connectivity index (χ0n) is 9.97. The Morgan fingerprint density at radius 2 is 2.24 bits per heavy atom. The molecule has 0 spiro atoms. The topological polar surface area (TPSA) is 34.9 Å². The zero-order chi connectivity index (χ0) is 12.3. The summed E-state index contributed by atoms with van der Waals surface area (Å²) < 4.78 is 1.88. The maximum Gasteiger partial charge on any atom is 0.120 e. The molecule has 1 heterocycles. The quantitative estimate of drug-likeness (QED) is 0.582. The number of aryl methyl sites for hydroxylation is 1. The fourth-order valence-electron chi connectivity index (χ4n) is 2.13. The van der Waals surface area contributed by atoms with Gasteiger partial charge in [0.2, 0.25) is 0 Å². The molecule has 17 heavy (non-hydrogen) atoms. The van der Waals surface area contributed by atoms with Crippen LogP contribution in [0.15, 0.2) is 36.9 Å². The SMILES string of the molecule is C=CC(CCC=O)c1nn(C)c2ccccc12. The van der Waals surface area contributed by atoms with Crippen LogP contribution in [0, 0.1) is 0 Å². The summed E-state index contributed by atoms with van der Waals surface area (Å²) in [5.41, 5.74) is 2.13. The standard InChI is InChI=1S/C14H16N2O/c1-3-11(7-6-10-17)14-12-8-4-5-9-13(12)16(2)15-14/h3-5,8-11H,1,6-7H2,2H3. The van der Waals surface area contributed by atoms with E-state index in [1.807, 2.05) is 36.0 Å². The van der Waals surface area contributed by atoms with Gasteiger partial charge in [-0.05, 0) is 12.5 Å². The lowest BCUT2D eigenvalue weighted by atomic mass is 9.97. The minimum absolute atomic E-state index is 0.145. The average Bonchev–Trinajstić information content (AvgIpc) is 2.69. The predicted molar refractivity (Wildman–Crippen MR) is 69.0 cm³/mol. The van der Waals surface area contributed by atoms with Gasteiger partial charge in [-0.15, -0.1) is 6.58 Å². The molecule has 1 aromatic heterocycles. The van der Waals surface area contributed by atoms with Crippen LogP contribution in [-0.2, 0) is 11.8 Å². The third-order valence-corrected chi connectivity index (χ3v) is 3.02. The molecule has 0 saturated heterocycles. The van der Waals surface area contributed by atoms with Gasteiger partial charge in [-0.1, -0.05) is 24.3 Å². The normalized spacial score (nSPS) is 12.5. The molecule has 1 aromatic carbocycles. The molecule has 0 radical (unpaired) electrons. The van der Waals surface area contributed by atoms with Gasteiger partial charge in [0.25, 0.3) is 0 Å². The largest absolute Gasteiger partial charge is 0.303 e. The van der Waals surface area contributed by atoms with Gasteiger partial charge < -0.3 is 4.79 Å². The van der Waals surface area contributed by atoms with Crippen molar-refractivity contribution < 1.29 is 4.79 Å². The van der Waals surface area contributed by atoms with Crippen LogP contribution in [0.5, 0.6) is 0 Å². The van der Waals surface area contributed by atoms with Crippen molar-refractivity contribution in [3.05, 3.63) is 42.6 Å². The van der Waals surface area contributed by atoms with E-state index in [0.717, 1.165) is 29.3 Å². The van der Waals surface area contributed by atoms with Gasteiger partial charge >= 0.3 is 0 Å². The van der Waals surface area contributed by atoms with E-state index in [1.54, 1.807) is 0 Å². The molecule has 88 valence electrons. The number of carbonyl (C=O) groups is 1. The van der Waals surface area contributed by atoms with Gasteiger partial charge in [-0.25, -0.2) is 0 Å². The molecule has 0 bridgehead atoms. The minimum atomic E-state index is 0.145. The van der Waals surface area contributed by atoms with E-state index < -0.39 is 0 Å². The van der Waals surface area contributed by atoms with Gasteiger partial charge in [0, 0.05) is 24.8 Å². The minimum Gasteiger partial charge on any atom is -0.303 e. The van der Waals surface area contributed by atoms with Crippen LogP contribution in [0.4, 0.5) is 0 Å². The highest BCUT2D eigenvalue weighted by Crippen LogP contribution is 2.28. The number of para-hydroxylation sites is 1. The second-order valence-corrected chi connectivity index (χ2v) is 4.11. The fraction of sp³-hybridized carbons (Fsp3) is 0.286. The van der Waals surface area contributed by atoms with E-state index >= 15 is 0 Å². The Labute approximate surface area is 101 Å². The maximum atomic E-state index is 10.5. The van der Waals surface area contributed by atoms with Crippen LogP contribution < -0.4 is 0 Å². The number of fused-ring (bicyclic) bond motifs is 1. The van der Waals surface area contributed by atoms with Crippen LogP contribution in [0.3, 0.4) is 0 Å². The highest BCUT2D eigenvalue weighted by atomic mass is 16.1. The fourth-order valence-corrected chi connectivity index (χ4v) is 2.13. The number of carbonyl (C=O) groups excluding carboxylic acids is 1. The van der Waals surface area contributed by atoms with Crippen molar-refractivity contribution in [2.45, 2.75) is 18.8 Å². The number of rotatable bonds is 5. The van der Waals surface area contributed by atoms with E-state index in [9.17, 15) is 4.79 Å². The summed E-state index contributed by atoms with van der Waals surface area (Å²) in [6.07, 6.45) is 4.13. The molecule has 3 nitrogen and oxygen atoms in total. The third kappa shape index (κ3) is 2.13. The lowest BCUT2D eigenvalue weighted by Gasteiger charge is -2.07. The molecule has 2 rings (SSSR count). The van der Waals surface area contributed by atoms with Crippen LogP contribution in [-0.4, -0.2) is 16.1 Å². The van der Waals surface area contributed by atoms with Gasteiger partial charge in [0.05, 0.1) is 11.2 Å². The molecule has 3 heteroatoms. The highest BCUT2D eigenvalue weighted by molar-refractivity contribution is 5.82. The first kappa shape index (κ1) is 11.6. The average molecular weight is 228 g/mol. The van der Waals surface area contributed by atoms with Crippen LogP contribution in [0.1, 0.15) is 24.5 Å². The van der Waals surface area contributed by atoms with E-state index in [-0.39, 0.29) is 5.92 Å². The molecule has 2 aromatic rings. The zero-order valence-corrected chi connectivity index (χ0v) is 9.97. The lowest BCUT2D eigenvalue weighted by molar-refractivity contribution is -0.107. The van der Waals surface area contributed by atoms with E-state index in [4.69, 9.17) is 0 Å². The van der Waals surface area contributed by atoms with E-state index in [0.29, 0.717) is 6.42 Å². The summed E-state index contributed by atoms with van der Waals surface area (Å²) >= 11 is 0. The summed E-state index contributed by atoms with van der Waals surface area (Å²) in [6.45, 7) is 3.84. The molecular formula is C14H16N2O. The maximum absolute atomic E-state index is 10.5. The van der Waals surface area contributed by atoms with E-state index in [1.165, 1.54) is 0 Å². The number of nitrogens with zero attached hydrogens (tertiary/aromatic N) is 2. The molecule has 0 amide bonds. The van der Waals surface area contributed by atoms with Crippen molar-refractivity contribution in [2.24, 2.45) is 7.05 Å². The van der Waals surface area contributed by atoms with Crippen LogP contribution >= 0.6 is 0 Å². The van der Waals surface area contributed by atoms with Gasteiger partial charge in [-0.2, -0.15) is 5.10 Å². The number of allylic oxidation sites excluding steroid dienone is 1. The molecule has 0 aliphatic rings. The predicted octanol–water partition coefficient (Wildman–Crippen LogP) is 2.82. The van der Waals surface area contributed by atoms with Crippen molar-refractivity contribution in [1.29, 1.82) is 0 Å². The molecule has 1 atom stereocenters. The van der Waals surface area contributed by atoms with E-state index in [2.05, 4.69) is 17.7 Å². The van der Waals surface area contributed by atoms with Crippen molar-refractivity contribution in [2.75, 3.05) is 0 Å². The molecule has 0 N–H and O–H groups in total. The Bertz CT molecular complexity index is 542. The summed E-state index contributed by atoms with van der Waals surface area (Å²) in [5, 5.41) is 5.69. The van der Waals surface area contributed by atoms with Crippen molar-refractivity contribution >= 4 is 17.2 Å². The van der Waals surface area contributed by atoms with Crippen molar-refractivity contribution in [3.8, 4) is 0 Å². The van der Waals surface area contributed by atoms with Crippen molar-refractivity contribution in [3.63, 3.8) is 0 Å². The number of aldehydes is 1. The molecular weight excluding hydrogens is 212 g/mol. The molecule has 0 saturated carbocycles. The summed E-state index contributed by atoms with van der Waals surface area (Å²) in [6, 6.07) is 8.12. The first-order valence-corrected chi connectivity index (χ1v) is 5.75. The lowest BCUT2D eigenvalue weighted by Crippen LogP contribution is -1.98. The number of aromatic nitrogens is 2. The molecule has 0 aliphatic carbocycles. The summed E-state index contributed by atoms with van der Waals surface area (Å²) in [7, 11) is 1.94. The number of benzene rings is 1. The van der Waals surface area contributed by atoms with Gasteiger partial charge in [0.1, 0.15) is 6.29 Å². The highest BCUT2D eigenvalue weighted by Gasteiger charge is 2.15. The molecule has 0 fully saturated rings.